The predicted molar refractivity (Wildman–Crippen MR) is 116 cm³/mol. The molecule has 0 radical (unpaired) electrons. The van der Waals surface area contributed by atoms with Crippen LogP contribution in [0.1, 0.15) is 25.1 Å². The van der Waals surface area contributed by atoms with Gasteiger partial charge in [0.15, 0.2) is 0 Å². The van der Waals surface area contributed by atoms with Crippen LogP contribution in [0.5, 0.6) is 0 Å². The van der Waals surface area contributed by atoms with Gasteiger partial charge < -0.3 is 19.9 Å². The lowest BCUT2D eigenvalue weighted by molar-refractivity contribution is -0.192. The van der Waals surface area contributed by atoms with Crippen LogP contribution in [0.4, 0.5) is 13.2 Å². The van der Waals surface area contributed by atoms with Gasteiger partial charge in [0.05, 0.1) is 5.56 Å². The first-order valence-corrected chi connectivity index (χ1v) is 10.8. The van der Waals surface area contributed by atoms with Gasteiger partial charge in [-0.15, -0.1) is 11.8 Å². The van der Waals surface area contributed by atoms with E-state index in [4.69, 9.17) is 14.4 Å². The number of nitrogens with zero attached hydrogens (tertiary/aromatic N) is 2. The summed E-state index contributed by atoms with van der Waals surface area (Å²) in [6, 6.07) is 9.87. The van der Waals surface area contributed by atoms with Crippen molar-refractivity contribution in [3.05, 3.63) is 51.9 Å². The molecule has 0 bridgehead atoms. The lowest BCUT2D eigenvalue weighted by Crippen LogP contribution is -2.27. The van der Waals surface area contributed by atoms with Crippen LogP contribution in [0.25, 0.3) is 22.8 Å². The summed E-state index contributed by atoms with van der Waals surface area (Å²) in [5.41, 5.74) is 3.16. The van der Waals surface area contributed by atoms with Crippen molar-refractivity contribution in [3.8, 4) is 22.8 Å². The van der Waals surface area contributed by atoms with E-state index in [1.54, 1.807) is 11.8 Å². The van der Waals surface area contributed by atoms with E-state index >= 15 is 0 Å². The largest absolute Gasteiger partial charge is 0.490 e. The molecule has 176 valence electrons. The van der Waals surface area contributed by atoms with Gasteiger partial charge in [0.2, 0.25) is 5.82 Å². The maximum absolute atomic E-state index is 12.4. The number of nitrogens with one attached hydrogen (secondary N) is 2. The average molecular weight is 482 g/mol. The molecule has 1 aliphatic heterocycles. The molecule has 0 fully saturated rings. The molecule has 8 nitrogen and oxygen atoms in total. The zero-order valence-electron chi connectivity index (χ0n) is 17.7. The predicted octanol–water partition coefficient (Wildman–Crippen LogP) is 3.87. The maximum atomic E-state index is 12.4. The highest BCUT2D eigenvalue weighted by Crippen LogP contribution is 2.27. The Morgan fingerprint density at radius 3 is 2.52 bits per heavy atom. The molecule has 0 spiro atoms. The lowest BCUT2D eigenvalue weighted by atomic mass is 10.0. The monoisotopic (exact) mass is 482 g/mol. The van der Waals surface area contributed by atoms with Crippen molar-refractivity contribution in [3.63, 3.8) is 0 Å². The first-order valence-electron chi connectivity index (χ1n) is 9.91. The van der Waals surface area contributed by atoms with Crippen LogP contribution in [0.15, 0.2) is 44.5 Å². The van der Waals surface area contributed by atoms with Crippen molar-refractivity contribution in [2.75, 3.05) is 6.54 Å². The van der Waals surface area contributed by atoms with Crippen LogP contribution in [0.2, 0.25) is 0 Å². The number of fused-ring (bicyclic) bond motifs is 1. The Morgan fingerprint density at radius 2 is 1.91 bits per heavy atom. The van der Waals surface area contributed by atoms with E-state index in [9.17, 15) is 18.0 Å². The Balaban J connectivity index is 0.000000383. The maximum Gasteiger partial charge on any atom is 0.490 e. The van der Waals surface area contributed by atoms with Gasteiger partial charge in [0, 0.05) is 40.9 Å². The minimum atomic E-state index is -5.08. The summed E-state index contributed by atoms with van der Waals surface area (Å²) in [5, 5.41) is 15.0. The molecule has 0 unspecified atom stereocenters. The first kappa shape index (κ1) is 24.5. The number of hydrogen-bond acceptors (Lipinski definition) is 7. The fourth-order valence-electron chi connectivity index (χ4n) is 2.99. The van der Waals surface area contributed by atoms with Crippen molar-refractivity contribution >= 4 is 17.7 Å². The number of thioether (sulfide) groups is 1. The standard InChI is InChI=1S/C19H20N4O2S.C2HF3O2/c1-11(2)26-14-5-3-12(4-6-14)19-22-17(23-25-19)15-9-13-10-20-8-7-16(13)21-18(15)24;3-2(4,5)1(6)7/h3-6,9,11,20H,7-8,10H2,1-2H3,(H,21,24);(H,6,7). The molecule has 4 rings (SSSR count). The van der Waals surface area contributed by atoms with E-state index in [0.717, 1.165) is 36.3 Å². The van der Waals surface area contributed by atoms with Gasteiger partial charge in [0.1, 0.15) is 0 Å². The van der Waals surface area contributed by atoms with Crippen LogP contribution in [0, 0.1) is 0 Å². The number of aromatic nitrogens is 3. The molecule has 1 aliphatic rings. The number of alkyl halides is 3. The SMILES string of the molecule is CC(C)Sc1ccc(-c2nc(-c3cc4c([nH]c3=O)CCNC4)no2)cc1.O=C(O)C(F)(F)F. The van der Waals surface area contributed by atoms with Crippen LogP contribution < -0.4 is 10.9 Å². The minimum absolute atomic E-state index is 0.179. The highest BCUT2D eigenvalue weighted by molar-refractivity contribution is 7.99. The fraction of sp³-hybridized carbons (Fsp3) is 0.333. The van der Waals surface area contributed by atoms with Gasteiger partial charge >= 0.3 is 12.1 Å². The molecule has 33 heavy (non-hydrogen) atoms. The van der Waals surface area contributed by atoms with Gasteiger partial charge in [-0.2, -0.15) is 18.2 Å². The quantitative estimate of drug-likeness (QED) is 0.479. The van der Waals surface area contributed by atoms with Gasteiger partial charge in [-0.25, -0.2) is 4.79 Å². The summed E-state index contributed by atoms with van der Waals surface area (Å²) in [5.74, 6) is -2.03. The Hall–Kier alpha value is -3.12. The number of benzene rings is 1. The van der Waals surface area contributed by atoms with E-state index in [-0.39, 0.29) is 5.56 Å². The van der Waals surface area contributed by atoms with E-state index in [0.29, 0.717) is 22.5 Å². The van der Waals surface area contributed by atoms with E-state index in [2.05, 4.69) is 34.3 Å². The number of pyridine rings is 1. The molecule has 0 aliphatic carbocycles. The third-order valence-corrected chi connectivity index (χ3v) is 5.48. The molecular formula is C21H21F3N4O4S. The fourth-order valence-corrected chi connectivity index (χ4v) is 3.83. The highest BCUT2D eigenvalue weighted by Gasteiger charge is 2.38. The topological polar surface area (TPSA) is 121 Å². The molecule has 0 saturated heterocycles. The van der Waals surface area contributed by atoms with E-state index in [1.807, 2.05) is 30.3 Å². The van der Waals surface area contributed by atoms with Crippen molar-refractivity contribution in [1.29, 1.82) is 0 Å². The smallest absolute Gasteiger partial charge is 0.475 e. The third kappa shape index (κ3) is 6.45. The molecule has 0 atom stereocenters. The summed E-state index contributed by atoms with van der Waals surface area (Å²) in [7, 11) is 0. The van der Waals surface area contributed by atoms with Crippen molar-refractivity contribution in [1.82, 2.24) is 20.4 Å². The summed E-state index contributed by atoms with van der Waals surface area (Å²) in [6.07, 6.45) is -4.26. The van der Waals surface area contributed by atoms with Gasteiger partial charge in [-0.3, -0.25) is 4.79 Å². The number of hydrogen-bond donors (Lipinski definition) is 3. The van der Waals surface area contributed by atoms with Crippen LogP contribution in [-0.2, 0) is 17.8 Å². The number of carbonyl (C=O) groups is 1. The summed E-state index contributed by atoms with van der Waals surface area (Å²) in [6.45, 7) is 5.93. The number of carboxylic acids is 1. The molecular weight excluding hydrogens is 461 g/mol. The third-order valence-electron chi connectivity index (χ3n) is 4.46. The normalized spacial score (nSPS) is 13.3. The van der Waals surface area contributed by atoms with E-state index < -0.39 is 12.1 Å². The Kier molecular flexibility index (Phi) is 7.59. The summed E-state index contributed by atoms with van der Waals surface area (Å²) in [4.78, 5) is 29.9. The van der Waals surface area contributed by atoms with Crippen molar-refractivity contribution in [2.24, 2.45) is 0 Å². The zero-order chi connectivity index (χ0) is 24.2. The zero-order valence-corrected chi connectivity index (χ0v) is 18.5. The Morgan fingerprint density at radius 1 is 1.24 bits per heavy atom. The molecule has 3 aromatic rings. The van der Waals surface area contributed by atoms with Gasteiger partial charge in [-0.05, 0) is 35.9 Å². The Labute approximate surface area is 190 Å². The number of aromatic amines is 1. The van der Waals surface area contributed by atoms with Crippen LogP contribution in [0.3, 0.4) is 0 Å². The van der Waals surface area contributed by atoms with Crippen LogP contribution in [-0.4, -0.2) is 44.2 Å². The minimum Gasteiger partial charge on any atom is -0.475 e. The van der Waals surface area contributed by atoms with Crippen LogP contribution >= 0.6 is 11.8 Å². The number of carboxylic acid groups (broad SMARTS) is 1. The van der Waals surface area contributed by atoms with Gasteiger partial charge in [-0.1, -0.05) is 19.0 Å². The van der Waals surface area contributed by atoms with Crippen molar-refractivity contribution < 1.29 is 27.6 Å². The van der Waals surface area contributed by atoms with Crippen molar-refractivity contribution in [2.45, 2.75) is 43.1 Å². The first-order chi connectivity index (χ1) is 15.5. The molecule has 2 aromatic heterocycles. The molecule has 1 aromatic carbocycles. The van der Waals surface area contributed by atoms with Gasteiger partial charge in [0.25, 0.3) is 11.4 Å². The summed E-state index contributed by atoms with van der Waals surface area (Å²) >= 11 is 1.80. The lowest BCUT2D eigenvalue weighted by Gasteiger charge is -2.16. The molecule has 3 heterocycles. The molecule has 3 N–H and O–H groups in total. The number of halogens is 3. The molecule has 0 saturated carbocycles. The Bertz CT molecular complexity index is 1170. The second-order valence-electron chi connectivity index (χ2n) is 7.36. The second-order valence-corrected chi connectivity index (χ2v) is 9.01. The molecule has 0 amide bonds. The number of aliphatic carboxylic acids is 1. The van der Waals surface area contributed by atoms with E-state index in [1.165, 1.54) is 4.90 Å². The molecule has 12 heteroatoms. The number of rotatable bonds is 4. The highest BCUT2D eigenvalue weighted by atomic mass is 32.2. The second kappa shape index (κ2) is 10.2. The average Bonchev–Trinajstić information content (AvgIpc) is 3.23. The number of H-pyrrole nitrogens is 1. The summed E-state index contributed by atoms with van der Waals surface area (Å²) < 4.78 is 37.1.